The smallest absolute Gasteiger partial charge is 0.227 e. The number of rotatable bonds is 5. The van der Waals surface area contributed by atoms with Crippen LogP contribution in [0.1, 0.15) is 17.9 Å². The van der Waals surface area contributed by atoms with E-state index in [1.807, 2.05) is 31.2 Å². The second kappa shape index (κ2) is 7.68. The largest absolute Gasteiger partial charge is 0.339 e. The molecule has 1 aromatic heterocycles. The number of benzene rings is 2. The first kappa shape index (κ1) is 17.5. The summed E-state index contributed by atoms with van der Waals surface area (Å²) in [4.78, 5) is 16.4. The molecule has 0 fully saturated rings. The van der Waals surface area contributed by atoms with Crippen LogP contribution in [0.4, 0.5) is 5.69 Å². The van der Waals surface area contributed by atoms with E-state index in [-0.39, 0.29) is 12.3 Å². The molecule has 128 valence electrons. The third kappa shape index (κ3) is 4.59. The predicted octanol–water partition coefficient (Wildman–Crippen LogP) is 4.92. The SMILES string of the molecule is Cc1cccc(-c2noc(CCC(=O)Nc3ccc(Cl)cc3Cl)n2)c1. The molecule has 0 saturated carbocycles. The lowest BCUT2D eigenvalue weighted by atomic mass is 10.1. The van der Waals surface area contributed by atoms with Crippen LogP contribution < -0.4 is 5.32 Å². The van der Waals surface area contributed by atoms with Crippen LogP contribution in [0.5, 0.6) is 0 Å². The molecule has 0 radical (unpaired) electrons. The molecule has 0 bridgehead atoms. The number of aromatic nitrogens is 2. The molecule has 0 unspecified atom stereocenters. The number of nitrogens with one attached hydrogen (secondary N) is 1. The molecule has 0 aliphatic carbocycles. The van der Waals surface area contributed by atoms with E-state index in [1.165, 1.54) is 0 Å². The number of aryl methyl sites for hydroxylation is 2. The van der Waals surface area contributed by atoms with Crippen molar-refractivity contribution < 1.29 is 9.32 Å². The first-order chi connectivity index (χ1) is 12.0. The standard InChI is InChI=1S/C18H15Cl2N3O2/c1-11-3-2-4-12(9-11)18-22-17(25-23-18)8-7-16(24)21-15-6-5-13(19)10-14(15)20/h2-6,9-10H,7-8H2,1H3,(H,21,24). The van der Waals surface area contributed by atoms with E-state index in [9.17, 15) is 4.79 Å². The fraction of sp³-hybridized carbons (Fsp3) is 0.167. The number of carbonyl (C=O) groups is 1. The summed E-state index contributed by atoms with van der Waals surface area (Å²) < 4.78 is 5.21. The van der Waals surface area contributed by atoms with E-state index in [0.717, 1.165) is 11.1 Å². The Balaban J connectivity index is 1.59. The zero-order valence-corrected chi connectivity index (χ0v) is 14.9. The lowest BCUT2D eigenvalue weighted by Crippen LogP contribution is -2.12. The topological polar surface area (TPSA) is 68.0 Å². The van der Waals surface area contributed by atoms with Crippen LogP contribution >= 0.6 is 23.2 Å². The van der Waals surface area contributed by atoms with Crippen LogP contribution in [0, 0.1) is 6.92 Å². The number of anilines is 1. The van der Waals surface area contributed by atoms with Gasteiger partial charge in [0.1, 0.15) is 0 Å². The molecule has 0 aliphatic rings. The summed E-state index contributed by atoms with van der Waals surface area (Å²) in [5.74, 6) is 0.730. The summed E-state index contributed by atoms with van der Waals surface area (Å²) in [5, 5.41) is 7.59. The molecule has 2 aromatic carbocycles. The predicted molar refractivity (Wildman–Crippen MR) is 97.9 cm³/mol. The van der Waals surface area contributed by atoms with Gasteiger partial charge in [-0.1, -0.05) is 52.1 Å². The summed E-state index contributed by atoms with van der Waals surface area (Å²) in [6.45, 7) is 2.00. The maximum atomic E-state index is 12.1. The molecule has 1 heterocycles. The molecular weight excluding hydrogens is 361 g/mol. The van der Waals surface area contributed by atoms with Crippen molar-refractivity contribution in [3.05, 3.63) is 64.0 Å². The van der Waals surface area contributed by atoms with Gasteiger partial charge in [-0.15, -0.1) is 0 Å². The Morgan fingerprint density at radius 2 is 2.04 bits per heavy atom. The number of nitrogens with zero attached hydrogens (tertiary/aromatic N) is 2. The Labute approximate surface area is 155 Å². The van der Waals surface area contributed by atoms with Crippen LogP contribution in [0.15, 0.2) is 47.0 Å². The molecule has 1 N–H and O–H groups in total. The van der Waals surface area contributed by atoms with Crippen LogP contribution in [0.25, 0.3) is 11.4 Å². The van der Waals surface area contributed by atoms with Crippen molar-refractivity contribution in [3.8, 4) is 11.4 Å². The van der Waals surface area contributed by atoms with E-state index in [0.29, 0.717) is 33.9 Å². The highest BCUT2D eigenvalue weighted by Crippen LogP contribution is 2.25. The highest BCUT2D eigenvalue weighted by Gasteiger charge is 2.12. The second-order valence-corrected chi connectivity index (χ2v) is 6.40. The zero-order chi connectivity index (χ0) is 17.8. The van der Waals surface area contributed by atoms with Crippen molar-refractivity contribution in [3.63, 3.8) is 0 Å². The Hall–Kier alpha value is -2.37. The molecule has 0 saturated heterocycles. The Kier molecular flexibility index (Phi) is 5.36. The van der Waals surface area contributed by atoms with Crippen LogP contribution in [-0.2, 0) is 11.2 Å². The second-order valence-electron chi connectivity index (χ2n) is 5.55. The lowest BCUT2D eigenvalue weighted by molar-refractivity contribution is -0.116. The van der Waals surface area contributed by atoms with Gasteiger partial charge in [0.25, 0.3) is 0 Å². The van der Waals surface area contributed by atoms with E-state index < -0.39 is 0 Å². The van der Waals surface area contributed by atoms with Crippen molar-refractivity contribution in [2.24, 2.45) is 0 Å². The van der Waals surface area contributed by atoms with Crippen LogP contribution in [0.3, 0.4) is 0 Å². The summed E-state index contributed by atoms with van der Waals surface area (Å²) in [7, 11) is 0. The number of amides is 1. The third-order valence-corrected chi connectivity index (χ3v) is 4.06. The average Bonchev–Trinajstić information content (AvgIpc) is 3.05. The normalized spacial score (nSPS) is 10.7. The number of carbonyl (C=O) groups excluding carboxylic acids is 1. The fourth-order valence-corrected chi connectivity index (χ4v) is 2.74. The summed E-state index contributed by atoms with van der Waals surface area (Å²) in [6.07, 6.45) is 0.546. The number of hydrogen-bond donors (Lipinski definition) is 1. The molecule has 1 amide bonds. The number of hydrogen-bond acceptors (Lipinski definition) is 4. The summed E-state index contributed by atoms with van der Waals surface area (Å²) >= 11 is 11.9. The van der Waals surface area contributed by atoms with Gasteiger partial charge in [0.15, 0.2) is 0 Å². The first-order valence-electron chi connectivity index (χ1n) is 7.66. The van der Waals surface area contributed by atoms with Crippen molar-refractivity contribution >= 4 is 34.8 Å². The molecule has 7 heteroatoms. The molecule has 3 rings (SSSR count). The molecule has 0 aliphatic heterocycles. The maximum absolute atomic E-state index is 12.1. The van der Waals surface area contributed by atoms with Gasteiger partial charge in [-0.3, -0.25) is 4.79 Å². The minimum absolute atomic E-state index is 0.195. The zero-order valence-electron chi connectivity index (χ0n) is 13.4. The molecule has 0 spiro atoms. The summed E-state index contributed by atoms with van der Waals surface area (Å²) in [5.41, 5.74) is 2.51. The Bertz CT molecular complexity index is 909. The minimum Gasteiger partial charge on any atom is -0.339 e. The van der Waals surface area contributed by atoms with E-state index >= 15 is 0 Å². The van der Waals surface area contributed by atoms with Gasteiger partial charge in [0, 0.05) is 23.4 Å². The molecule has 25 heavy (non-hydrogen) atoms. The maximum Gasteiger partial charge on any atom is 0.227 e. The van der Waals surface area contributed by atoms with Gasteiger partial charge in [0.05, 0.1) is 10.7 Å². The monoisotopic (exact) mass is 375 g/mol. The van der Waals surface area contributed by atoms with Crippen LogP contribution in [-0.4, -0.2) is 16.0 Å². The van der Waals surface area contributed by atoms with Gasteiger partial charge >= 0.3 is 0 Å². The highest BCUT2D eigenvalue weighted by atomic mass is 35.5. The lowest BCUT2D eigenvalue weighted by Gasteiger charge is -2.06. The molecule has 3 aromatic rings. The minimum atomic E-state index is -0.195. The molecule has 5 nitrogen and oxygen atoms in total. The van der Waals surface area contributed by atoms with Gasteiger partial charge in [-0.05, 0) is 31.2 Å². The van der Waals surface area contributed by atoms with E-state index in [2.05, 4.69) is 15.5 Å². The van der Waals surface area contributed by atoms with E-state index in [4.69, 9.17) is 27.7 Å². The third-order valence-electron chi connectivity index (χ3n) is 3.52. The molecule has 0 atom stereocenters. The quantitative estimate of drug-likeness (QED) is 0.686. The first-order valence-corrected chi connectivity index (χ1v) is 8.41. The fourth-order valence-electron chi connectivity index (χ4n) is 2.28. The number of halogens is 2. The van der Waals surface area contributed by atoms with Crippen molar-refractivity contribution in [1.29, 1.82) is 0 Å². The van der Waals surface area contributed by atoms with E-state index in [1.54, 1.807) is 18.2 Å². The van der Waals surface area contributed by atoms with Gasteiger partial charge < -0.3 is 9.84 Å². The van der Waals surface area contributed by atoms with Gasteiger partial charge in [0.2, 0.25) is 17.6 Å². The van der Waals surface area contributed by atoms with Crippen molar-refractivity contribution in [2.45, 2.75) is 19.8 Å². The average molecular weight is 376 g/mol. The summed E-state index contributed by atoms with van der Waals surface area (Å²) in [6, 6.07) is 12.7. The highest BCUT2D eigenvalue weighted by molar-refractivity contribution is 6.36. The Morgan fingerprint density at radius 1 is 1.20 bits per heavy atom. The Morgan fingerprint density at radius 3 is 2.80 bits per heavy atom. The van der Waals surface area contributed by atoms with Crippen molar-refractivity contribution in [1.82, 2.24) is 10.1 Å². The van der Waals surface area contributed by atoms with Crippen molar-refractivity contribution in [2.75, 3.05) is 5.32 Å². The van der Waals surface area contributed by atoms with Gasteiger partial charge in [-0.25, -0.2) is 0 Å². The van der Waals surface area contributed by atoms with Gasteiger partial charge in [-0.2, -0.15) is 4.98 Å². The van der Waals surface area contributed by atoms with Crippen LogP contribution in [0.2, 0.25) is 10.0 Å². The molecular formula is C18H15Cl2N3O2.